The molecule has 4 nitrogen and oxygen atoms in total. The van der Waals surface area contributed by atoms with E-state index in [9.17, 15) is 4.39 Å². The van der Waals surface area contributed by atoms with Gasteiger partial charge in [-0.05, 0) is 54.1 Å². The first-order chi connectivity index (χ1) is 11.8. The fourth-order valence-corrected chi connectivity index (χ4v) is 2.82. The lowest BCUT2D eigenvalue weighted by Gasteiger charge is -2.12. The second-order valence-corrected chi connectivity index (χ2v) is 5.67. The Balaban J connectivity index is 1.56. The Morgan fingerprint density at radius 3 is 2.71 bits per heavy atom. The molecule has 0 saturated carbocycles. The first kappa shape index (κ1) is 14.5. The molecule has 0 aliphatic carbocycles. The van der Waals surface area contributed by atoms with Gasteiger partial charge in [0.15, 0.2) is 0 Å². The Bertz CT molecular complexity index is 861. The quantitative estimate of drug-likeness (QED) is 0.671. The summed E-state index contributed by atoms with van der Waals surface area (Å²) in [5.41, 5.74) is 6.07. The monoisotopic (exact) mass is 320 g/mol. The van der Waals surface area contributed by atoms with Crippen molar-refractivity contribution in [2.24, 2.45) is 0 Å². The summed E-state index contributed by atoms with van der Waals surface area (Å²) in [7, 11) is 0. The molecule has 2 aromatic carbocycles. The van der Waals surface area contributed by atoms with Crippen LogP contribution in [0.15, 0.2) is 60.8 Å². The van der Waals surface area contributed by atoms with E-state index in [4.69, 9.17) is 0 Å². The Kier molecular flexibility index (Phi) is 3.75. The number of nitrogens with zero attached hydrogens (tertiary/aromatic N) is 1. The maximum Gasteiger partial charge on any atom is 0.123 e. The summed E-state index contributed by atoms with van der Waals surface area (Å²) in [5, 5.41) is 9.99. The van der Waals surface area contributed by atoms with Crippen molar-refractivity contribution in [1.82, 2.24) is 4.98 Å². The molecule has 24 heavy (non-hydrogen) atoms. The molecule has 3 aromatic rings. The van der Waals surface area contributed by atoms with Crippen LogP contribution in [0.4, 0.5) is 21.5 Å². The van der Waals surface area contributed by atoms with Gasteiger partial charge in [0, 0.05) is 18.3 Å². The number of rotatable bonds is 4. The molecule has 1 aliphatic heterocycles. The normalized spacial score (nSPS) is 12.2. The van der Waals surface area contributed by atoms with Gasteiger partial charge in [0.05, 0.1) is 29.4 Å². The highest BCUT2D eigenvalue weighted by molar-refractivity contribution is 5.75. The molecule has 4 rings (SSSR count). The number of halogens is 1. The van der Waals surface area contributed by atoms with Gasteiger partial charge in [-0.1, -0.05) is 6.07 Å². The number of anilines is 3. The predicted octanol–water partition coefficient (Wildman–Crippen LogP) is 4.29. The molecule has 5 heteroatoms. The van der Waals surface area contributed by atoms with E-state index >= 15 is 0 Å². The summed E-state index contributed by atoms with van der Waals surface area (Å²) in [6.07, 6.45) is 1.74. The lowest BCUT2D eigenvalue weighted by Crippen LogP contribution is -2.02. The zero-order valence-corrected chi connectivity index (χ0v) is 13.0. The van der Waals surface area contributed by atoms with E-state index in [1.807, 2.05) is 12.1 Å². The second kappa shape index (κ2) is 6.20. The largest absolute Gasteiger partial charge is 0.379 e. The predicted molar refractivity (Wildman–Crippen MR) is 95.5 cm³/mol. The highest BCUT2D eigenvalue weighted by atomic mass is 19.1. The topological polar surface area (TPSA) is 49.0 Å². The van der Waals surface area contributed by atoms with E-state index in [1.54, 1.807) is 18.3 Å². The number of fused-ring (bicyclic) bond motifs is 1. The maximum absolute atomic E-state index is 13.1. The summed E-state index contributed by atoms with van der Waals surface area (Å²) >= 11 is 0. The number of pyridine rings is 1. The third kappa shape index (κ3) is 2.88. The van der Waals surface area contributed by atoms with Crippen LogP contribution in [-0.4, -0.2) is 11.7 Å². The molecule has 1 aromatic heterocycles. The minimum atomic E-state index is -0.247. The van der Waals surface area contributed by atoms with E-state index in [-0.39, 0.29) is 5.82 Å². The van der Waals surface area contributed by atoms with Gasteiger partial charge in [0.2, 0.25) is 0 Å². The maximum atomic E-state index is 13.1. The Labute approximate surface area is 139 Å². The molecule has 0 fully saturated rings. The van der Waals surface area contributed by atoms with Crippen LogP contribution in [0, 0.1) is 5.82 Å². The smallest absolute Gasteiger partial charge is 0.123 e. The molecular formula is C19H17FN4. The van der Waals surface area contributed by atoms with Gasteiger partial charge >= 0.3 is 0 Å². The highest BCUT2D eigenvalue weighted by Crippen LogP contribution is 2.29. The van der Waals surface area contributed by atoms with Gasteiger partial charge in [-0.15, -0.1) is 0 Å². The van der Waals surface area contributed by atoms with Crippen molar-refractivity contribution in [3.8, 4) is 11.3 Å². The molecule has 0 radical (unpaired) electrons. The number of hydrogen-bond acceptors (Lipinski definition) is 4. The van der Waals surface area contributed by atoms with E-state index in [2.05, 4.69) is 39.1 Å². The van der Waals surface area contributed by atoms with Gasteiger partial charge in [-0.3, -0.25) is 4.98 Å². The SMILES string of the molecule is Fc1ccc(-c2ncccc2NCc2ccc3c(c2)NCN3)cc1. The van der Waals surface area contributed by atoms with Crippen molar-refractivity contribution in [1.29, 1.82) is 0 Å². The summed E-state index contributed by atoms with van der Waals surface area (Å²) in [6.45, 7) is 1.46. The van der Waals surface area contributed by atoms with Gasteiger partial charge in [-0.2, -0.15) is 0 Å². The molecule has 0 saturated heterocycles. The van der Waals surface area contributed by atoms with Crippen molar-refractivity contribution >= 4 is 17.1 Å². The van der Waals surface area contributed by atoms with Gasteiger partial charge in [0.25, 0.3) is 0 Å². The average Bonchev–Trinajstić information content (AvgIpc) is 3.09. The molecule has 2 heterocycles. The van der Waals surface area contributed by atoms with Crippen LogP contribution in [0.2, 0.25) is 0 Å². The first-order valence-electron chi connectivity index (χ1n) is 7.85. The third-order valence-electron chi connectivity index (χ3n) is 4.05. The second-order valence-electron chi connectivity index (χ2n) is 5.67. The molecule has 0 spiro atoms. The summed E-state index contributed by atoms with van der Waals surface area (Å²) in [5.74, 6) is -0.247. The minimum Gasteiger partial charge on any atom is -0.379 e. The van der Waals surface area contributed by atoms with Crippen LogP contribution < -0.4 is 16.0 Å². The Hall–Kier alpha value is -3.08. The third-order valence-corrected chi connectivity index (χ3v) is 4.05. The van der Waals surface area contributed by atoms with Crippen molar-refractivity contribution in [2.75, 3.05) is 22.6 Å². The summed E-state index contributed by atoms with van der Waals surface area (Å²) in [6, 6.07) is 16.6. The van der Waals surface area contributed by atoms with Crippen LogP contribution in [-0.2, 0) is 6.54 Å². The van der Waals surface area contributed by atoms with Crippen LogP contribution in [0.5, 0.6) is 0 Å². The molecule has 120 valence electrons. The van der Waals surface area contributed by atoms with Crippen LogP contribution in [0.25, 0.3) is 11.3 Å². The van der Waals surface area contributed by atoms with Gasteiger partial charge in [-0.25, -0.2) is 4.39 Å². The van der Waals surface area contributed by atoms with Gasteiger partial charge < -0.3 is 16.0 Å². The zero-order valence-electron chi connectivity index (χ0n) is 13.0. The van der Waals surface area contributed by atoms with Crippen molar-refractivity contribution in [3.63, 3.8) is 0 Å². The number of aromatic nitrogens is 1. The molecular weight excluding hydrogens is 303 g/mol. The number of nitrogens with one attached hydrogen (secondary N) is 3. The number of benzene rings is 2. The Morgan fingerprint density at radius 2 is 1.83 bits per heavy atom. The molecule has 0 amide bonds. The number of hydrogen-bond donors (Lipinski definition) is 3. The van der Waals surface area contributed by atoms with E-state index < -0.39 is 0 Å². The molecule has 3 N–H and O–H groups in total. The fourth-order valence-electron chi connectivity index (χ4n) is 2.82. The zero-order chi connectivity index (χ0) is 16.4. The summed E-state index contributed by atoms with van der Waals surface area (Å²) < 4.78 is 13.1. The van der Waals surface area contributed by atoms with Crippen LogP contribution in [0.3, 0.4) is 0 Å². The highest BCUT2D eigenvalue weighted by Gasteiger charge is 2.10. The molecule has 1 aliphatic rings. The Morgan fingerprint density at radius 1 is 1.00 bits per heavy atom. The lowest BCUT2D eigenvalue weighted by molar-refractivity contribution is 0.628. The van der Waals surface area contributed by atoms with Crippen LogP contribution >= 0.6 is 0 Å². The fraction of sp³-hybridized carbons (Fsp3) is 0.105. The van der Waals surface area contributed by atoms with Crippen molar-refractivity contribution in [2.45, 2.75) is 6.54 Å². The van der Waals surface area contributed by atoms with Crippen molar-refractivity contribution < 1.29 is 4.39 Å². The average molecular weight is 320 g/mol. The van der Waals surface area contributed by atoms with Crippen LogP contribution in [0.1, 0.15) is 5.56 Å². The minimum absolute atomic E-state index is 0.247. The molecule has 0 unspecified atom stereocenters. The lowest BCUT2D eigenvalue weighted by atomic mass is 10.1. The summed E-state index contributed by atoms with van der Waals surface area (Å²) in [4.78, 5) is 4.44. The molecule has 0 atom stereocenters. The van der Waals surface area contributed by atoms with E-state index in [0.717, 1.165) is 35.0 Å². The standard InChI is InChI=1S/C19H17FN4/c20-15-6-4-14(5-7-15)19-17(2-1-9-21-19)22-11-13-3-8-16-18(10-13)24-12-23-16/h1-10,22-24H,11-12H2. The first-order valence-corrected chi connectivity index (χ1v) is 7.85. The van der Waals surface area contributed by atoms with Crippen molar-refractivity contribution in [3.05, 3.63) is 72.2 Å². The molecule has 0 bridgehead atoms. The van der Waals surface area contributed by atoms with Gasteiger partial charge in [0.1, 0.15) is 5.82 Å². The van der Waals surface area contributed by atoms with E-state index in [1.165, 1.54) is 17.7 Å². The van der Waals surface area contributed by atoms with E-state index in [0.29, 0.717) is 6.54 Å².